The van der Waals surface area contributed by atoms with Crippen LogP contribution in [-0.2, 0) is 19.2 Å². The summed E-state index contributed by atoms with van der Waals surface area (Å²) in [4.78, 5) is 51.4. The fraction of sp³-hybridized carbons (Fsp3) is 0.440. The van der Waals surface area contributed by atoms with Crippen LogP contribution in [0.1, 0.15) is 161 Å². The lowest BCUT2D eigenvalue weighted by molar-refractivity contribution is -0.140. The van der Waals surface area contributed by atoms with Gasteiger partial charge < -0.3 is 18.9 Å². The van der Waals surface area contributed by atoms with Gasteiger partial charge in [-0.2, -0.15) is 0 Å². The second kappa shape index (κ2) is 21.5. The number of hydrogen-bond acceptors (Lipinski definition) is 8. The number of esters is 4. The average molecular weight is 791 g/mol. The summed E-state index contributed by atoms with van der Waals surface area (Å²) in [5.41, 5.74) is 7.76. The van der Waals surface area contributed by atoms with Crippen LogP contribution in [0.3, 0.4) is 0 Å². The first-order valence-corrected chi connectivity index (χ1v) is 20.8. The van der Waals surface area contributed by atoms with Crippen LogP contribution in [0.5, 0.6) is 23.0 Å². The van der Waals surface area contributed by atoms with Gasteiger partial charge in [-0.1, -0.05) is 90.1 Å². The lowest BCUT2D eigenvalue weighted by Gasteiger charge is -2.21. The molecule has 0 spiro atoms. The molecule has 0 aliphatic heterocycles. The van der Waals surface area contributed by atoms with Gasteiger partial charge in [0.05, 0.1) is 12.8 Å². The Labute approximate surface area is 345 Å². The predicted octanol–water partition coefficient (Wildman–Crippen LogP) is 12.2. The van der Waals surface area contributed by atoms with E-state index in [0.29, 0.717) is 35.8 Å². The van der Waals surface area contributed by atoms with E-state index in [4.69, 9.17) is 18.9 Å². The molecule has 310 valence electrons. The fourth-order valence-electron chi connectivity index (χ4n) is 6.94. The number of aryl methyl sites for hydroxylation is 4. The van der Waals surface area contributed by atoms with Crippen LogP contribution in [0.4, 0.5) is 0 Å². The Morgan fingerprint density at radius 2 is 0.655 bits per heavy atom. The van der Waals surface area contributed by atoms with E-state index in [1.54, 1.807) is 0 Å². The van der Waals surface area contributed by atoms with E-state index in [-0.39, 0.29) is 61.3 Å². The third kappa shape index (κ3) is 13.7. The number of carbonyl (C=O) groups is 4. The van der Waals surface area contributed by atoms with Gasteiger partial charge in [0.25, 0.3) is 0 Å². The Morgan fingerprint density at radius 3 is 0.948 bits per heavy atom. The van der Waals surface area contributed by atoms with Gasteiger partial charge in [-0.05, 0) is 146 Å². The number of unbranched alkanes of at least 4 members (excludes halogenated alkanes) is 1. The first-order valence-electron chi connectivity index (χ1n) is 20.8. The van der Waals surface area contributed by atoms with Gasteiger partial charge in [-0.15, -0.1) is 0 Å². The second-order valence-corrected chi connectivity index (χ2v) is 16.5. The summed E-state index contributed by atoms with van der Waals surface area (Å²) in [6.45, 7) is 20.3. The van der Waals surface area contributed by atoms with Crippen molar-refractivity contribution in [2.45, 2.75) is 144 Å². The van der Waals surface area contributed by atoms with E-state index in [9.17, 15) is 19.2 Å². The largest absolute Gasteiger partial charge is 0.426 e. The number of rotatable bonds is 19. The quantitative estimate of drug-likeness (QED) is 0.0525. The summed E-state index contributed by atoms with van der Waals surface area (Å²) >= 11 is 0. The molecule has 0 saturated carbocycles. The lowest BCUT2D eigenvalue weighted by Crippen LogP contribution is -2.16. The molecule has 0 N–H and O–H groups in total. The molecule has 0 fully saturated rings. The molecule has 2 atom stereocenters. The van der Waals surface area contributed by atoms with Gasteiger partial charge in [0.1, 0.15) is 23.0 Å². The summed E-state index contributed by atoms with van der Waals surface area (Å²) in [7, 11) is 0. The van der Waals surface area contributed by atoms with Gasteiger partial charge >= 0.3 is 23.9 Å². The van der Waals surface area contributed by atoms with Gasteiger partial charge in [0.15, 0.2) is 0 Å². The van der Waals surface area contributed by atoms with Crippen LogP contribution in [-0.4, -0.2) is 23.9 Å². The van der Waals surface area contributed by atoms with Gasteiger partial charge in [0, 0.05) is 12.8 Å². The first-order chi connectivity index (χ1) is 27.5. The molecule has 0 aromatic heterocycles. The summed E-state index contributed by atoms with van der Waals surface area (Å²) < 4.78 is 23.1. The van der Waals surface area contributed by atoms with E-state index < -0.39 is 11.9 Å². The van der Waals surface area contributed by atoms with E-state index in [1.165, 1.54) is 0 Å². The zero-order chi connectivity index (χ0) is 42.5. The molecule has 2 unspecified atom stereocenters. The highest BCUT2D eigenvalue weighted by atomic mass is 16.5. The van der Waals surface area contributed by atoms with Crippen LogP contribution in [0.2, 0.25) is 0 Å². The summed E-state index contributed by atoms with van der Waals surface area (Å²) in [6, 6.07) is 23.5. The predicted molar refractivity (Wildman–Crippen MR) is 229 cm³/mol. The third-order valence-corrected chi connectivity index (χ3v) is 10.5. The number of hydrogen-bond donors (Lipinski definition) is 0. The zero-order valence-corrected chi connectivity index (χ0v) is 36.2. The van der Waals surface area contributed by atoms with Crippen molar-refractivity contribution in [3.05, 3.63) is 117 Å². The first kappa shape index (κ1) is 45.5. The van der Waals surface area contributed by atoms with E-state index >= 15 is 0 Å². The van der Waals surface area contributed by atoms with Crippen molar-refractivity contribution in [2.24, 2.45) is 0 Å². The monoisotopic (exact) mass is 790 g/mol. The highest BCUT2D eigenvalue weighted by Crippen LogP contribution is 2.37. The maximum atomic E-state index is 13.0. The van der Waals surface area contributed by atoms with Crippen molar-refractivity contribution in [1.82, 2.24) is 0 Å². The summed E-state index contributed by atoms with van der Waals surface area (Å²) in [6.07, 6.45) is 2.81. The fourth-order valence-corrected chi connectivity index (χ4v) is 6.94. The molecule has 0 aliphatic rings. The van der Waals surface area contributed by atoms with Crippen molar-refractivity contribution in [2.75, 3.05) is 0 Å². The molecular formula is C50H62O8. The van der Waals surface area contributed by atoms with Crippen molar-refractivity contribution < 1.29 is 38.1 Å². The smallest absolute Gasteiger partial charge is 0.311 e. The Balaban J connectivity index is 1.28. The number of benzene rings is 4. The van der Waals surface area contributed by atoms with Crippen LogP contribution in [0, 0.1) is 27.7 Å². The standard InChI is InChI=1S/C50H62O8/c1-31(2)39-21-15-33(5)27-43(39)55-47(51)13-11-12-14-48(52)57-45-29-35(7)17-23-41(45)37(9)19-20-38(10)42-24-18-36(8)30-46(42)58-50(54)26-25-49(53)56-44-28-34(6)16-22-40(44)32(3)4/h15-18,21-24,27-32,37-38H,11-14,19-20,25-26H2,1-10H3. The Bertz CT molecular complexity index is 2060. The molecule has 4 rings (SSSR count). The minimum atomic E-state index is -0.494. The molecular weight excluding hydrogens is 729 g/mol. The van der Waals surface area contributed by atoms with E-state index in [2.05, 4.69) is 27.7 Å². The molecule has 4 aromatic carbocycles. The lowest BCUT2D eigenvalue weighted by atomic mass is 9.88. The molecule has 58 heavy (non-hydrogen) atoms. The highest BCUT2D eigenvalue weighted by Gasteiger charge is 2.21. The SMILES string of the molecule is Cc1ccc(C(C)C)c(OC(=O)CCCCC(=O)Oc2cc(C)ccc2C(C)CCC(C)c2ccc(C)cc2OC(=O)CCC(=O)Oc2cc(C)ccc2C(C)C)c1. The van der Waals surface area contributed by atoms with Crippen molar-refractivity contribution in [3.63, 3.8) is 0 Å². The molecule has 0 radical (unpaired) electrons. The van der Waals surface area contributed by atoms with E-state index in [0.717, 1.165) is 57.3 Å². The minimum Gasteiger partial charge on any atom is -0.426 e. The number of carbonyl (C=O) groups excluding carboxylic acids is 4. The molecule has 0 heterocycles. The van der Waals surface area contributed by atoms with E-state index in [1.807, 2.05) is 114 Å². The van der Waals surface area contributed by atoms with Crippen LogP contribution in [0.25, 0.3) is 0 Å². The van der Waals surface area contributed by atoms with Gasteiger partial charge in [0.2, 0.25) is 0 Å². The maximum Gasteiger partial charge on any atom is 0.311 e. The summed E-state index contributed by atoms with van der Waals surface area (Å²) in [5, 5.41) is 0. The molecule has 0 amide bonds. The minimum absolute atomic E-state index is 0.0533. The van der Waals surface area contributed by atoms with Crippen molar-refractivity contribution in [3.8, 4) is 23.0 Å². The Kier molecular flexibility index (Phi) is 16.9. The number of ether oxygens (including phenoxy) is 4. The molecule has 8 nitrogen and oxygen atoms in total. The third-order valence-electron chi connectivity index (χ3n) is 10.5. The van der Waals surface area contributed by atoms with Crippen molar-refractivity contribution >= 4 is 23.9 Å². The van der Waals surface area contributed by atoms with Gasteiger partial charge in [-0.25, -0.2) is 0 Å². The average Bonchev–Trinajstić information content (AvgIpc) is 3.14. The van der Waals surface area contributed by atoms with Gasteiger partial charge in [-0.3, -0.25) is 19.2 Å². The van der Waals surface area contributed by atoms with Crippen LogP contribution < -0.4 is 18.9 Å². The molecule has 4 aromatic rings. The molecule has 0 saturated heterocycles. The van der Waals surface area contributed by atoms with Crippen molar-refractivity contribution in [1.29, 1.82) is 0 Å². The zero-order valence-electron chi connectivity index (χ0n) is 36.2. The molecule has 0 aliphatic carbocycles. The summed E-state index contributed by atoms with van der Waals surface area (Å²) in [5.74, 6) is 1.10. The molecule has 8 heteroatoms. The highest BCUT2D eigenvalue weighted by molar-refractivity contribution is 5.80. The second-order valence-electron chi connectivity index (χ2n) is 16.5. The van der Waals surface area contributed by atoms with Crippen LogP contribution in [0.15, 0.2) is 72.8 Å². The normalized spacial score (nSPS) is 12.3. The Hall–Kier alpha value is -5.24. The van der Waals surface area contributed by atoms with Crippen LogP contribution >= 0.6 is 0 Å². The Morgan fingerprint density at radius 1 is 0.397 bits per heavy atom. The topological polar surface area (TPSA) is 105 Å². The maximum absolute atomic E-state index is 13.0. The molecule has 0 bridgehead atoms.